The van der Waals surface area contributed by atoms with Gasteiger partial charge in [0.05, 0.1) is 6.61 Å². The van der Waals surface area contributed by atoms with Crippen molar-refractivity contribution in [3.05, 3.63) is 0 Å². The monoisotopic (exact) mass is 298 g/mol. The fourth-order valence-corrected chi connectivity index (χ4v) is 3.09. The van der Waals surface area contributed by atoms with Crippen LogP contribution in [0.1, 0.15) is 65.7 Å². The molecule has 1 heterocycles. The second-order valence-corrected chi connectivity index (χ2v) is 6.25. The smallest absolute Gasteiger partial charge is 0.326 e. The van der Waals surface area contributed by atoms with Gasteiger partial charge in [-0.25, -0.2) is 0 Å². The highest BCUT2D eigenvalue weighted by Gasteiger charge is 2.40. The Hall–Kier alpha value is -0.610. The van der Waals surface area contributed by atoms with Crippen LogP contribution in [0.25, 0.3) is 0 Å². The number of hydrogen-bond donors (Lipinski definition) is 1. The van der Waals surface area contributed by atoms with Gasteiger partial charge in [-0.1, -0.05) is 39.0 Å². The Bertz CT molecular complexity index is 289. The maximum atomic E-state index is 12.5. The number of esters is 1. The largest absolute Gasteiger partial charge is 0.465 e. The summed E-state index contributed by atoms with van der Waals surface area (Å²) >= 11 is 0. The summed E-state index contributed by atoms with van der Waals surface area (Å²) in [6.07, 6.45) is 8.17. The maximum Gasteiger partial charge on any atom is 0.326 e. The number of rotatable bonds is 9. The molecule has 1 fully saturated rings. The number of unbranched alkanes of at least 4 members (excludes halogenated alkanes) is 4. The van der Waals surface area contributed by atoms with E-state index in [1.165, 1.54) is 25.7 Å². The summed E-state index contributed by atoms with van der Waals surface area (Å²) in [5.74, 6) is -0.0395. The molecule has 0 bridgehead atoms. The maximum absolute atomic E-state index is 12.5. The predicted molar refractivity (Wildman–Crippen MR) is 87.5 cm³/mol. The molecule has 0 aromatic rings. The van der Waals surface area contributed by atoms with E-state index < -0.39 is 5.54 Å². The van der Waals surface area contributed by atoms with Crippen molar-refractivity contribution in [3.8, 4) is 0 Å². The lowest BCUT2D eigenvalue weighted by molar-refractivity contribution is -0.157. The first-order valence-electron chi connectivity index (χ1n) is 8.78. The highest BCUT2D eigenvalue weighted by molar-refractivity contribution is 5.80. The zero-order valence-electron chi connectivity index (χ0n) is 14.2. The Kier molecular flexibility index (Phi) is 8.93. The third kappa shape index (κ3) is 5.95. The number of carbonyl (C=O) groups is 1. The van der Waals surface area contributed by atoms with Crippen LogP contribution in [0.15, 0.2) is 0 Å². The Labute approximate surface area is 130 Å². The number of nitrogens with zero attached hydrogens (tertiary/aromatic N) is 1. The summed E-state index contributed by atoms with van der Waals surface area (Å²) in [5.41, 5.74) is -0.450. The summed E-state index contributed by atoms with van der Waals surface area (Å²) in [4.78, 5) is 14.9. The van der Waals surface area contributed by atoms with Crippen molar-refractivity contribution in [2.24, 2.45) is 0 Å². The van der Waals surface area contributed by atoms with E-state index in [1.54, 1.807) is 0 Å². The van der Waals surface area contributed by atoms with E-state index in [2.05, 4.69) is 24.1 Å². The molecule has 0 aromatic heterocycles. The fourth-order valence-electron chi connectivity index (χ4n) is 3.09. The molecule has 0 amide bonds. The van der Waals surface area contributed by atoms with E-state index in [0.717, 1.165) is 45.4 Å². The number of nitrogens with one attached hydrogen (secondary N) is 1. The lowest BCUT2D eigenvalue weighted by Crippen LogP contribution is -2.54. The fraction of sp³-hybridized carbons (Fsp3) is 0.941. The van der Waals surface area contributed by atoms with E-state index in [4.69, 9.17) is 4.74 Å². The van der Waals surface area contributed by atoms with Crippen LogP contribution < -0.4 is 5.32 Å². The highest BCUT2D eigenvalue weighted by Crippen LogP contribution is 2.25. The van der Waals surface area contributed by atoms with Gasteiger partial charge in [0.25, 0.3) is 0 Å². The van der Waals surface area contributed by atoms with Gasteiger partial charge in [-0.15, -0.1) is 0 Å². The van der Waals surface area contributed by atoms with E-state index in [1.807, 2.05) is 6.92 Å². The average Bonchev–Trinajstić information content (AvgIpc) is 2.76. The molecule has 1 rings (SSSR count). The molecule has 21 heavy (non-hydrogen) atoms. The minimum absolute atomic E-state index is 0.0395. The minimum atomic E-state index is -0.450. The quantitative estimate of drug-likeness (QED) is 0.525. The highest BCUT2D eigenvalue weighted by atomic mass is 16.5. The molecule has 0 aliphatic carbocycles. The van der Waals surface area contributed by atoms with Crippen molar-refractivity contribution in [2.45, 2.75) is 71.3 Å². The van der Waals surface area contributed by atoms with Gasteiger partial charge in [0, 0.05) is 19.6 Å². The van der Waals surface area contributed by atoms with Crippen LogP contribution in [0, 0.1) is 0 Å². The summed E-state index contributed by atoms with van der Waals surface area (Å²) in [5, 5.41) is 3.41. The molecule has 0 spiro atoms. The van der Waals surface area contributed by atoms with Gasteiger partial charge in [0.1, 0.15) is 5.54 Å². The predicted octanol–water partition coefficient (Wildman–Crippen LogP) is 2.96. The summed E-state index contributed by atoms with van der Waals surface area (Å²) in [6, 6.07) is 0. The molecule has 0 aromatic carbocycles. The SMILES string of the molecule is CCCCCCCC(C)(C(=O)OCC)N1CCCNCC1. The van der Waals surface area contributed by atoms with Crippen LogP contribution in [0.3, 0.4) is 0 Å². The van der Waals surface area contributed by atoms with Gasteiger partial charge < -0.3 is 10.1 Å². The van der Waals surface area contributed by atoms with Crippen molar-refractivity contribution in [3.63, 3.8) is 0 Å². The first kappa shape index (κ1) is 18.4. The summed E-state index contributed by atoms with van der Waals surface area (Å²) in [6.45, 7) is 10.6. The number of hydrogen-bond acceptors (Lipinski definition) is 4. The van der Waals surface area contributed by atoms with E-state index in [-0.39, 0.29) is 5.97 Å². The Morgan fingerprint density at radius 2 is 1.90 bits per heavy atom. The van der Waals surface area contributed by atoms with Crippen LogP contribution >= 0.6 is 0 Å². The van der Waals surface area contributed by atoms with Gasteiger partial charge in [0.2, 0.25) is 0 Å². The lowest BCUT2D eigenvalue weighted by atomic mass is 9.91. The zero-order chi connectivity index (χ0) is 15.6. The average molecular weight is 298 g/mol. The molecule has 4 heteroatoms. The minimum Gasteiger partial charge on any atom is -0.465 e. The van der Waals surface area contributed by atoms with Gasteiger partial charge in [-0.3, -0.25) is 9.69 Å². The standard InChI is InChI=1S/C17H34N2O2/c1-4-6-7-8-9-11-17(3,16(20)21-5-2)19-14-10-12-18-13-15-19/h18H,4-15H2,1-3H3. The normalized spacial score (nSPS) is 19.8. The van der Waals surface area contributed by atoms with Crippen LogP contribution in [-0.2, 0) is 9.53 Å². The topological polar surface area (TPSA) is 41.6 Å². The van der Waals surface area contributed by atoms with Crippen molar-refractivity contribution >= 4 is 5.97 Å². The van der Waals surface area contributed by atoms with Crippen molar-refractivity contribution in [2.75, 3.05) is 32.8 Å². The molecule has 4 nitrogen and oxygen atoms in total. The Morgan fingerprint density at radius 3 is 2.62 bits per heavy atom. The van der Waals surface area contributed by atoms with Gasteiger partial charge in [-0.2, -0.15) is 0 Å². The van der Waals surface area contributed by atoms with Crippen molar-refractivity contribution < 1.29 is 9.53 Å². The number of ether oxygens (including phenoxy) is 1. The zero-order valence-corrected chi connectivity index (χ0v) is 14.2. The van der Waals surface area contributed by atoms with Crippen LogP contribution in [0.2, 0.25) is 0 Å². The molecular weight excluding hydrogens is 264 g/mol. The molecule has 1 saturated heterocycles. The van der Waals surface area contributed by atoms with E-state index in [9.17, 15) is 4.79 Å². The van der Waals surface area contributed by atoms with Crippen LogP contribution in [0.5, 0.6) is 0 Å². The second-order valence-electron chi connectivity index (χ2n) is 6.25. The third-order valence-corrected chi connectivity index (χ3v) is 4.52. The molecule has 0 saturated carbocycles. The van der Waals surface area contributed by atoms with Gasteiger partial charge >= 0.3 is 5.97 Å². The Morgan fingerprint density at radius 1 is 1.14 bits per heavy atom. The second kappa shape index (κ2) is 10.2. The third-order valence-electron chi connectivity index (χ3n) is 4.52. The van der Waals surface area contributed by atoms with E-state index >= 15 is 0 Å². The molecule has 1 N–H and O–H groups in total. The summed E-state index contributed by atoms with van der Waals surface area (Å²) < 4.78 is 5.38. The first-order valence-corrected chi connectivity index (χ1v) is 8.78. The first-order chi connectivity index (χ1) is 10.1. The molecule has 124 valence electrons. The van der Waals surface area contributed by atoms with Crippen molar-refractivity contribution in [1.82, 2.24) is 10.2 Å². The van der Waals surface area contributed by atoms with Crippen LogP contribution in [0.4, 0.5) is 0 Å². The molecule has 0 radical (unpaired) electrons. The van der Waals surface area contributed by atoms with Crippen molar-refractivity contribution in [1.29, 1.82) is 0 Å². The van der Waals surface area contributed by atoms with E-state index in [0.29, 0.717) is 6.61 Å². The molecule has 1 atom stereocenters. The summed E-state index contributed by atoms with van der Waals surface area (Å²) in [7, 11) is 0. The molecule has 1 aliphatic heterocycles. The number of carbonyl (C=O) groups excluding carboxylic acids is 1. The molecular formula is C17H34N2O2. The molecule has 1 aliphatic rings. The van der Waals surface area contributed by atoms with Gasteiger partial charge in [-0.05, 0) is 33.2 Å². The lowest BCUT2D eigenvalue weighted by Gasteiger charge is -2.38. The van der Waals surface area contributed by atoms with Gasteiger partial charge in [0.15, 0.2) is 0 Å². The Balaban J connectivity index is 2.61. The van der Waals surface area contributed by atoms with Crippen LogP contribution in [-0.4, -0.2) is 49.2 Å². The molecule has 1 unspecified atom stereocenters.